The molecule has 19 heavy (non-hydrogen) atoms. The molecule has 2 saturated carbocycles. The monoisotopic (exact) mass is 264 g/mol. The number of carbonyl (C=O) groups excluding carboxylic acids is 1. The van der Waals surface area contributed by atoms with E-state index in [0.717, 1.165) is 5.92 Å². The van der Waals surface area contributed by atoms with E-state index in [0.29, 0.717) is 30.0 Å². The third-order valence-corrected chi connectivity index (χ3v) is 5.43. The molecule has 0 aromatic carbocycles. The Hall–Kier alpha value is -0.570. The van der Waals surface area contributed by atoms with Crippen LogP contribution in [0.3, 0.4) is 0 Å². The third-order valence-electron chi connectivity index (χ3n) is 5.43. The normalized spacial score (nSPS) is 34.5. The van der Waals surface area contributed by atoms with E-state index in [1.807, 2.05) is 0 Å². The van der Waals surface area contributed by atoms with Crippen LogP contribution < -0.4 is 5.32 Å². The fourth-order valence-corrected chi connectivity index (χ4v) is 4.01. The molecular weight excluding hydrogens is 236 g/mol. The second-order valence-corrected chi connectivity index (χ2v) is 7.20. The molecule has 1 amide bonds. The fourth-order valence-electron chi connectivity index (χ4n) is 4.01. The topological polar surface area (TPSA) is 32.3 Å². The van der Waals surface area contributed by atoms with Gasteiger partial charge < -0.3 is 4.90 Å². The molecule has 1 aliphatic heterocycles. The lowest BCUT2D eigenvalue weighted by molar-refractivity contribution is -0.133. The standard InChI is InChI=1S/C16H28N2O/c1-10(2)14-16(19)18(11(3)12-8-9-12)15(17-14)13-6-4-5-7-13/h10-15,17H,4-9H2,1-3H3. The van der Waals surface area contributed by atoms with E-state index >= 15 is 0 Å². The minimum absolute atomic E-state index is 0.0480. The van der Waals surface area contributed by atoms with Crippen LogP contribution in [-0.2, 0) is 4.79 Å². The Morgan fingerprint density at radius 3 is 2.26 bits per heavy atom. The van der Waals surface area contributed by atoms with Crippen LogP contribution in [0.1, 0.15) is 59.3 Å². The maximum absolute atomic E-state index is 12.8. The van der Waals surface area contributed by atoms with Crippen molar-refractivity contribution in [1.29, 1.82) is 0 Å². The smallest absolute Gasteiger partial charge is 0.241 e. The highest BCUT2D eigenvalue weighted by atomic mass is 16.2. The molecule has 0 bridgehead atoms. The highest BCUT2D eigenvalue weighted by Gasteiger charge is 2.48. The van der Waals surface area contributed by atoms with Crippen LogP contribution in [0.25, 0.3) is 0 Å². The van der Waals surface area contributed by atoms with Gasteiger partial charge in [-0.2, -0.15) is 0 Å². The molecule has 3 unspecified atom stereocenters. The Balaban J connectivity index is 1.80. The molecular formula is C16H28N2O. The summed E-state index contributed by atoms with van der Waals surface area (Å²) >= 11 is 0. The molecule has 3 atom stereocenters. The minimum Gasteiger partial charge on any atom is -0.323 e. The maximum atomic E-state index is 12.8. The van der Waals surface area contributed by atoms with Crippen molar-refractivity contribution in [1.82, 2.24) is 10.2 Å². The minimum atomic E-state index is 0.0480. The van der Waals surface area contributed by atoms with Gasteiger partial charge in [0, 0.05) is 6.04 Å². The lowest BCUT2D eigenvalue weighted by Crippen LogP contribution is -2.47. The summed E-state index contributed by atoms with van der Waals surface area (Å²) in [6.07, 6.45) is 8.22. The molecule has 2 aliphatic carbocycles. The van der Waals surface area contributed by atoms with Crippen LogP contribution in [0.5, 0.6) is 0 Å². The first-order valence-corrected chi connectivity index (χ1v) is 8.18. The zero-order chi connectivity index (χ0) is 13.6. The van der Waals surface area contributed by atoms with Gasteiger partial charge in [-0.25, -0.2) is 0 Å². The highest BCUT2D eigenvalue weighted by molar-refractivity contribution is 5.85. The summed E-state index contributed by atoms with van der Waals surface area (Å²) in [5.41, 5.74) is 0. The summed E-state index contributed by atoms with van der Waals surface area (Å²) < 4.78 is 0. The van der Waals surface area contributed by atoms with Gasteiger partial charge in [0.25, 0.3) is 0 Å². The molecule has 3 fully saturated rings. The molecule has 0 aromatic heterocycles. The van der Waals surface area contributed by atoms with Crippen molar-refractivity contribution < 1.29 is 4.79 Å². The zero-order valence-electron chi connectivity index (χ0n) is 12.6. The maximum Gasteiger partial charge on any atom is 0.241 e. The fraction of sp³-hybridized carbons (Fsp3) is 0.938. The molecule has 0 aromatic rings. The second kappa shape index (κ2) is 5.08. The lowest BCUT2D eigenvalue weighted by atomic mass is 10.0. The quantitative estimate of drug-likeness (QED) is 0.847. The van der Waals surface area contributed by atoms with Gasteiger partial charge in [-0.05, 0) is 50.4 Å². The summed E-state index contributed by atoms with van der Waals surface area (Å²) in [6, 6.07) is 0.487. The predicted molar refractivity (Wildman–Crippen MR) is 76.5 cm³/mol. The first-order chi connectivity index (χ1) is 9.09. The molecule has 3 aliphatic rings. The lowest BCUT2D eigenvalue weighted by Gasteiger charge is -2.34. The van der Waals surface area contributed by atoms with Crippen LogP contribution in [0.15, 0.2) is 0 Å². The molecule has 1 saturated heterocycles. The first-order valence-electron chi connectivity index (χ1n) is 8.18. The summed E-state index contributed by atoms with van der Waals surface area (Å²) in [5.74, 6) is 2.22. The Morgan fingerprint density at radius 2 is 1.74 bits per heavy atom. The average molecular weight is 264 g/mol. The number of rotatable bonds is 4. The van der Waals surface area contributed by atoms with Gasteiger partial charge in [-0.15, -0.1) is 0 Å². The van der Waals surface area contributed by atoms with E-state index in [1.165, 1.54) is 38.5 Å². The molecule has 3 heteroatoms. The van der Waals surface area contributed by atoms with E-state index in [-0.39, 0.29) is 6.04 Å². The van der Waals surface area contributed by atoms with Crippen molar-refractivity contribution in [3.63, 3.8) is 0 Å². The number of hydrogen-bond acceptors (Lipinski definition) is 2. The van der Waals surface area contributed by atoms with Crippen molar-refractivity contribution in [2.24, 2.45) is 17.8 Å². The number of amides is 1. The van der Waals surface area contributed by atoms with Crippen LogP contribution >= 0.6 is 0 Å². The van der Waals surface area contributed by atoms with Crippen LogP contribution in [0.4, 0.5) is 0 Å². The SMILES string of the molecule is CC(C)C1NC(C2CCCC2)N(C(C)C2CC2)C1=O. The number of nitrogens with one attached hydrogen (secondary N) is 1. The number of hydrogen-bond donors (Lipinski definition) is 1. The van der Waals surface area contributed by atoms with Crippen LogP contribution in [0.2, 0.25) is 0 Å². The summed E-state index contributed by atoms with van der Waals surface area (Å²) in [4.78, 5) is 15.0. The van der Waals surface area contributed by atoms with E-state index in [1.54, 1.807) is 0 Å². The van der Waals surface area contributed by atoms with Crippen molar-refractivity contribution in [3.05, 3.63) is 0 Å². The molecule has 1 heterocycles. The number of nitrogens with zero attached hydrogens (tertiary/aromatic N) is 1. The Kier molecular flexibility index (Phi) is 3.59. The summed E-state index contributed by atoms with van der Waals surface area (Å²) in [5, 5.41) is 3.67. The summed E-state index contributed by atoms with van der Waals surface area (Å²) in [7, 11) is 0. The first kappa shape index (κ1) is 13.4. The molecule has 108 valence electrons. The Bertz CT molecular complexity index is 345. The number of carbonyl (C=O) groups is 1. The average Bonchev–Trinajstić information content (AvgIpc) is 2.96. The summed E-state index contributed by atoms with van der Waals surface area (Å²) in [6.45, 7) is 6.58. The van der Waals surface area contributed by atoms with Crippen LogP contribution in [-0.4, -0.2) is 29.1 Å². The second-order valence-electron chi connectivity index (χ2n) is 7.20. The van der Waals surface area contributed by atoms with Gasteiger partial charge in [0.05, 0.1) is 12.2 Å². The van der Waals surface area contributed by atoms with E-state index < -0.39 is 0 Å². The van der Waals surface area contributed by atoms with E-state index in [4.69, 9.17) is 0 Å². The molecule has 3 rings (SSSR count). The molecule has 1 N–H and O–H groups in total. The Labute approximate surface area is 117 Å². The van der Waals surface area contributed by atoms with Gasteiger partial charge in [0.1, 0.15) is 0 Å². The van der Waals surface area contributed by atoms with Gasteiger partial charge >= 0.3 is 0 Å². The zero-order valence-corrected chi connectivity index (χ0v) is 12.6. The van der Waals surface area contributed by atoms with Crippen LogP contribution in [0, 0.1) is 17.8 Å². The van der Waals surface area contributed by atoms with Crippen molar-refractivity contribution in [2.75, 3.05) is 0 Å². The van der Waals surface area contributed by atoms with E-state index in [9.17, 15) is 4.79 Å². The van der Waals surface area contributed by atoms with Gasteiger partial charge in [0.15, 0.2) is 0 Å². The van der Waals surface area contributed by atoms with Gasteiger partial charge in [-0.1, -0.05) is 26.7 Å². The largest absolute Gasteiger partial charge is 0.323 e. The van der Waals surface area contributed by atoms with E-state index in [2.05, 4.69) is 31.0 Å². The third kappa shape index (κ3) is 2.42. The van der Waals surface area contributed by atoms with Gasteiger partial charge in [0.2, 0.25) is 5.91 Å². The van der Waals surface area contributed by atoms with Gasteiger partial charge in [-0.3, -0.25) is 10.1 Å². The Morgan fingerprint density at radius 1 is 1.11 bits per heavy atom. The highest BCUT2D eigenvalue weighted by Crippen LogP contribution is 2.40. The van der Waals surface area contributed by atoms with Crippen molar-refractivity contribution in [3.8, 4) is 0 Å². The molecule has 0 radical (unpaired) electrons. The molecule has 3 nitrogen and oxygen atoms in total. The van der Waals surface area contributed by atoms with Crippen molar-refractivity contribution in [2.45, 2.75) is 77.5 Å². The molecule has 0 spiro atoms. The predicted octanol–water partition coefficient (Wildman–Crippen LogP) is 2.76. The van der Waals surface area contributed by atoms with Crippen molar-refractivity contribution >= 4 is 5.91 Å².